The first kappa shape index (κ1) is 13.0. The Morgan fingerprint density at radius 3 is 2.40 bits per heavy atom. The highest BCUT2D eigenvalue weighted by molar-refractivity contribution is 4.77. The molecule has 0 aliphatic heterocycles. The molecule has 0 bridgehead atoms. The highest BCUT2D eigenvalue weighted by Crippen LogP contribution is 2.32. The van der Waals surface area contributed by atoms with Crippen molar-refractivity contribution < 1.29 is 0 Å². The topological polar surface area (TPSA) is 12.0 Å². The zero-order valence-electron chi connectivity index (χ0n) is 10.9. The highest BCUT2D eigenvalue weighted by Gasteiger charge is 2.23. The molecule has 1 heteroatoms. The molecule has 90 valence electrons. The minimum Gasteiger partial charge on any atom is -0.316 e. The first-order chi connectivity index (χ1) is 7.24. The summed E-state index contributed by atoms with van der Waals surface area (Å²) < 4.78 is 0. The van der Waals surface area contributed by atoms with Gasteiger partial charge in [0.1, 0.15) is 0 Å². The van der Waals surface area contributed by atoms with Crippen molar-refractivity contribution in [3.63, 3.8) is 0 Å². The van der Waals surface area contributed by atoms with Crippen LogP contribution in [-0.2, 0) is 0 Å². The molecular weight excluding hydrogens is 182 g/mol. The van der Waals surface area contributed by atoms with E-state index >= 15 is 0 Å². The van der Waals surface area contributed by atoms with Crippen LogP contribution in [0.3, 0.4) is 0 Å². The predicted octanol–water partition coefficient (Wildman–Crippen LogP) is 3.84. The van der Waals surface area contributed by atoms with E-state index in [4.69, 9.17) is 0 Å². The van der Waals surface area contributed by atoms with Crippen LogP contribution in [0, 0.1) is 17.8 Å². The van der Waals surface area contributed by atoms with Crippen molar-refractivity contribution in [2.75, 3.05) is 13.1 Å². The van der Waals surface area contributed by atoms with Crippen LogP contribution < -0.4 is 5.32 Å². The van der Waals surface area contributed by atoms with Crippen LogP contribution in [0.2, 0.25) is 0 Å². The van der Waals surface area contributed by atoms with E-state index in [-0.39, 0.29) is 0 Å². The molecule has 1 N–H and O–H groups in total. The van der Waals surface area contributed by atoms with E-state index < -0.39 is 0 Å². The van der Waals surface area contributed by atoms with Crippen LogP contribution >= 0.6 is 0 Å². The van der Waals surface area contributed by atoms with Crippen LogP contribution in [0.15, 0.2) is 0 Å². The molecule has 0 amide bonds. The van der Waals surface area contributed by atoms with E-state index in [1.165, 1.54) is 51.6 Å². The minimum atomic E-state index is 0.790. The molecule has 2 unspecified atom stereocenters. The van der Waals surface area contributed by atoms with Crippen LogP contribution in [0.4, 0.5) is 0 Å². The fourth-order valence-corrected chi connectivity index (χ4v) is 2.86. The Morgan fingerprint density at radius 1 is 1.13 bits per heavy atom. The van der Waals surface area contributed by atoms with E-state index in [2.05, 4.69) is 26.1 Å². The van der Waals surface area contributed by atoms with E-state index in [9.17, 15) is 0 Å². The summed E-state index contributed by atoms with van der Waals surface area (Å²) in [7, 11) is 0. The molecule has 0 aromatic heterocycles. The second-order valence-corrected chi connectivity index (χ2v) is 5.65. The van der Waals surface area contributed by atoms with Gasteiger partial charge in [-0.15, -0.1) is 0 Å². The SMILES string of the molecule is CCCC1CCCCC1CNCC(C)C. The summed E-state index contributed by atoms with van der Waals surface area (Å²) >= 11 is 0. The summed E-state index contributed by atoms with van der Waals surface area (Å²) in [6, 6.07) is 0. The molecular formula is C14H29N. The van der Waals surface area contributed by atoms with Crippen molar-refractivity contribution in [1.82, 2.24) is 5.32 Å². The number of rotatable bonds is 6. The average Bonchev–Trinajstić information content (AvgIpc) is 2.20. The fraction of sp³-hybridized carbons (Fsp3) is 1.00. The minimum absolute atomic E-state index is 0.790. The second kappa shape index (κ2) is 7.27. The summed E-state index contributed by atoms with van der Waals surface area (Å²) in [6.45, 7) is 9.36. The lowest BCUT2D eigenvalue weighted by molar-refractivity contribution is 0.215. The summed E-state index contributed by atoms with van der Waals surface area (Å²) in [6.07, 6.45) is 8.72. The highest BCUT2D eigenvalue weighted by atomic mass is 14.9. The molecule has 0 radical (unpaired) electrons. The number of nitrogens with one attached hydrogen (secondary N) is 1. The molecule has 1 aliphatic carbocycles. The molecule has 1 aliphatic rings. The third-order valence-corrected chi connectivity index (χ3v) is 3.69. The van der Waals surface area contributed by atoms with Gasteiger partial charge >= 0.3 is 0 Å². The third-order valence-electron chi connectivity index (χ3n) is 3.69. The van der Waals surface area contributed by atoms with Gasteiger partial charge in [0.2, 0.25) is 0 Å². The second-order valence-electron chi connectivity index (χ2n) is 5.65. The van der Waals surface area contributed by atoms with Crippen LogP contribution in [0.25, 0.3) is 0 Å². The Balaban J connectivity index is 2.23. The van der Waals surface area contributed by atoms with Crippen molar-refractivity contribution in [3.05, 3.63) is 0 Å². The van der Waals surface area contributed by atoms with Crippen molar-refractivity contribution in [2.24, 2.45) is 17.8 Å². The molecule has 0 aromatic rings. The van der Waals surface area contributed by atoms with Crippen molar-refractivity contribution >= 4 is 0 Å². The van der Waals surface area contributed by atoms with Gasteiger partial charge < -0.3 is 5.32 Å². The molecule has 1 saturated carbocycles. The first-order valence-electron chi connectivity index (χ1n) is 6.94. The average molecular weight is 211 g/mol. The molecule has 0 aromatic carbocycles. The molecule has 0 heterocycles. The van der Waals surface area contributed by atoms with Gasteiger partial charge in [0.15, 0.2) is 0 Å². The number of hydrogen-bond donors (Lipinski definition) is 1. The maximum absolute atomic E-state index is 3.64. The van der Waals surface area contributed by atoms with Crippen LogP contribution in [-0.4, -0.2) is 13.1 Å². The molecule has 0 saturated heterocycles. The third kappa shape index (κ3) is 5.01. The first-order valence-corrected chi connectivity index (χ1v) is 6.94. The van der Waals surface area contributed by atoms with Gasteiger partial charge in [-0.1, -0.05) is 52.9 Å². The standard InChI is InChI=1S/C14H29N/c1-4-7-13-8-5-6-9-14(13)11-15-10-12(2)3/h12-15H,4-11H2,1-3H3. The lowest BCUT2D eigenvalue weighted by Crippen LogP contribution is -2.32. The lowest BCUT2D eigenvalue weighted by Gasteiger charge is -2.32. The van der Waals surface area contributed by atoms with Gasteiger partial charge in [-0.3, -0.25) is 0 Å². The Bertz CT molecular complexity index is 151. The van der Waals surface area contributed by atoms with Gasteiger partial charge in [0.05, 0.1) is 0 Å². The quantitative estimate of drug-likeness (QED) is 0.704. The Morgan fingerprint density at radius 2 is 1.80 bits per heavy atom. The summed E-state index contributed by atoms with van der Waals surface area (Å²) in [4.78, 5) is 0. The van der Waals surface area contributed by atoms with Crippen molar-refractivity contribution in [3.8, 4) is 0 Å². The smallest absolute Gasteiger partial charge is 0.00178 e. The zero-order chi connectivity index (χ0) is 11.1. The Kier molecular flexibility index (Phi) is 6.31. The van der Waals surface area contributed by atoms with Crippen LogP contribution in [0.1, 0.15) is 59.3 Å². The summed E-state index contributed by atoms with van der Waals surface area (Å²) in [5.41, 5.74) is 0. The van der Waals surface area contributed by atoms with E-state index in [0.29, 0.717) is 0 Å². The largest absolute Gasteiger partial charge is 0.316 e. The Labute approximate surface area is 96.0 Å². The monoisotopic (exact) mass is 211 g/mol. The Hall–Kier alpha value is -0.0400. The number of hydrogen-bond acceptors (Lipinski definition) is 1. The van der Waals surface area contributed by atoms with Crippen molar-refractivity contribution in [1.29, 1.82) is 0 Å². The van der Waals surface area contributed by atoms with Gasteiger partial charge in [0, 0.05) is 0 Å². The van der Waals surface area contributed by atoms with Gasteiger partial charge in [0.25, 0.3) is 0 Å². The van der Waals surface area contributed by atoms with E-state index in [1.54, 1.807) is 0 Å². The maximum Gasteiger partial charge on any atom is -0.00178 e. The van der Waals surface area contributed by atoms with Crippen molar-refractivity contribution in [2.45, 2.75) is 59.3 Å². The van der Waals surface area contributed by atoms with E-state index in [0.717, 1.165) is 17.8 Å². The lowest BCUT2D eigenvalue weighted by atomic mass is 9.77. The molecule has 2 atom stereocenters. The predicted molar refractivity (Wildman–Crippen MR) is 68.1 cm³/mol. The maximum atomic E-state index is 3.64. The zero-order valence-corrected chi connectivity index (χ0v) is 10.9. The molecule has 1 nitrogen and oxygen atoms in total. The molecule has 15 heavy (non-hydrogen) atoms. The van der Waals surface area contributed by atoms with Gasteiger partial charge in [-0.25, -0.2) is 0 Å². The summed E-state index contributed by atoms with van der Waals surface area (Å²) in [5, 5.41) is 3.64. The van der Waals surface area contributed by atoms with Crippen LogP contribution in [0.5, 0.6) is 0 Å². The van der Waals surface area contributed by atoms with Gasteiger partial charge in [-0.2, -0.15) is 0 Å². The normalized spacial score (nSPS) is 27.2. The summed E-state index contributed by atoms with van der Waals surface area (Å²) in [5.74, 6) is 2.78. The fourth-order valence-electron chi connectivity index (χ4n) is 2.86. The molecule has 1 rings (SSSR count). The van der Waals surface area contributed by atoms with Gasteiger partial charge in [-0.05, 0) is 37.3 Å². The molecule has 1 fully saturated rings. The molecule has 0 spiro atoms. The van der Waals surface area contributed by atoms with E-state index in [1.807, 2.05) is 0 Å².